The molecule has 3 aliphatic rings. The number of carboxylic acids is 2. The van der Waals surface area contributed by atoms with Crippen LogP contribution in [0.2, 0.25) is 0 Å². The highest BCUT2D eigenvalue weighted by molar-refractivity contribution is 7.11. The maximum Gasteiger partial charge on any atom is 0.490 e. The molecule has 1 atom stereocenters. The lowest BCUT2D eigenvalue weighted by molar-refractivity contribution is -0.193. The van der Waals surface area contributed by atoms with Gasteiger partial charge in [0.25, 0.3) is 0 Å². The molecular weight excluding hydrogens is 546 g/mol. The smallest absolute Gasteiger partial charge is 0.475 e. The first-order valence-corrected chi connectivity index (χ1v) is 12.7. The van der Waals surface area contributed by atoms with Crippen LogP contribution in [0, 0.1) is 12.3 Å². The summed E-state index contributed by atoms with van der Waals surface area (Å²) in [5, 5.41) is 14.2. The largest absolute Gasteiger partial charge is 0.490 e. The molecule has 3 aliphatic heterocycles. The van der Waals surface area contributed by atoms with Crippen molar-refractivity contribution < 1.29 is 55.6 Å². The van der Waals surface area contributed by atoms with E-state index in [1.807, 2.05) is 11.3 Å². The molecule has 1 aromatic heterocycles. The fourth-order valence-electron chi connectivity index (χ4n) is 4.59. The van der Waals surface area contributed by atoms with Crippen molar-refractivity contribution in [2.75, 3.05) is 52.6 Å². The second-order valence-electron chi connectivity index (χ2n) is 9.45. The molecule has 0 aliphatic carbocycles. The third-order valence-electron chi connectivity index (χ3n) is 6.35. The van der Waals surface area contributed by atoms with E-state index in [2.05, 4.69) is 28.9 Å². The lowest BCUT2D eigenvalue weighted by Gasteiger charge is -2.35. The first-order chi connectivity index (χ1) is 17.6. The van der Waals surface area contributed by atoms with Crippen LogP contribution in [0.4, 0.5) is 26.3 Å². The first kappa shape index (κ1) is 32.3. The second kappa shape index (κ2) is 13.9. The predicted octanol–water partition coefficient (Wildman–Crippen LogP) is 4.03. The zero-order valence-electron chi connectivity index (χ0n) is 20.8. The molecule has 0 aromatic carbocycles. The van der Waals surface area contributed by atoms with Crippen LogP contribution >= 0.6 is 11.3 Å². The van der Waals surface area contributed by atoms with Gasteiger partial charge in [-0.25, -0.2) is 9.59 Å². The fraction of sp³-hybridized carbons (Fsp3) is 0.739. The summed E-state index contributed by atoms with van der Waals surface area (Å²) >= 11 is 1.94. The minimum Gasteiger partial charge on any atom is -0.475 e. The Morgan fingerprint density at radius 2 is 1.55 bits per heavy atom. The number of halogens is 6. The minimum atomic E-state index is -5.08. The van der Waals surface area contributed by atoms with Gasteiger partial charge in [0.1, 0.15) is 0 Å². The molecule has 0 saturated carbocycles. The van der Waals surface area contributed by atoms with Crippen LogP contribution in [0.5, 0.6) is 0 Å². The molecule has 3 fully saturated rings. The molecule has 0 amide bonds. The Morgan fingerprint density at radius 3 is 2.05 bits per heavy atom. The van der Waals surface area contributed by atoms with Crippen molar-refractivity contribution in [1.82, 2.24) is 9.80 Å². The molecule has 38 heavy (non-hydrogen) atoms. The van der Waals surface area contributed by atoms with Crippen LogP contribution < -0.4 is 0 Å². The van der Waals surface area contributed by atoms with Gasteiger partial charge >= 0.3 is 24.3 Å². The number of carboxylic acid groups (broad SMARTS) is 2. The third-order valence-corrected chi connectivity index (χ3v) is 7.34. The van der Waals surface area contributed by atoms with E-state index in [4.69, 9.17) is 29.3 Å². The minimum absolute atomic E-state index is 0.334. The number of aliphatic carboxylic acids is 2. The summed E-state index contributed by atoms with van der Waals surface area (Å²) in [5.74, 6) is -5.51. The Bertz CT molecular complexity index is 882. The van der Waals surface area contributed by atoms with Crippen molar-refractivity contribution in [2.24, 2.45) is 5.41 Å². The molecule has 4 heterocycles. The van der Waals surface area contributed by atoms with E-state index in [0.29, 0.717) is 5.41 Å². The quantitative estimate of drug-likeness (QED) is 0.519. The third kappa shape index (κ3) is 10.7. The Morgan fingerprint density at radius 1 is 0.974 bits per heavy atom. The fourth-order valence-corrected chi connectivity index (χ4v) is 5.52. The summed E-state index contributed by atoms with van der Waals surface area (Å²) in [5.41, 5.74) is 0.334. The van der Waals surface area contributed by atoms with Crippen LogP contribution in [0.1, 0.15) is 29.0 Å². The van der Waals surface area contributed by atoms with Crippen LogP contribution in [-0.2, 0) is 25.6 Å². The number of ether oxygens (including phenoxy) is 2. The zero-order valence-corrected chi connectivity index (χ0v) is 21.6. The van der Waals surface area contributed by atoms with Crippen LogP contribution in [0.3, 0.4) is 0 Å². The number of carbonyl (C=O) groups is 2. The van der Waals surface area contributed by atoms with Gasteiger partial charge < -0.3 is 19.7 Å². The number of nitrogens with zero attached hydrogens (tertiary/aromatic N) is 2. The van der Waals surface area contributed by atoms with Gasteiger partial charge in [-0.05, 0) is 44.9 Å². The summed E-state index contributed by atoms with van der Waals surface area (Å²) in [6, 6.07) is 5.27. The van der Waals surface area contributed by atoms with Crippen molar-refractivity contribution in [1.29, 1.82) is 0 Å². The second-order valence-corrected chi connectivity index (χ2v) is 10.8. The monoisotopic (exact) mass is 578 g/mol. The molecule has 1 spiro atoms. The number of likely N-dealkylation sites (tertiary alicyclic amines) is 1. The van der Waals surface area contributed by atoms with Crippen LogP contribution in [0.15, 0.2) is 12.1 Å². The number of thiophene rings is 1. The summed E-state index contributed by atoms with van der Waals surface area (Å²) in [4.78, 5) is 26.1. The first-order valence-electron chi connectivity index (χ1n) is 11.9. The average molecular weight is 579 g/mol. The number of hydrogen-bond acceptors (Lipinski definition) is 7. The molecule has 0 radical (unpaired) electrons. The normalized spacial score (nSPS) is 23.7. The average Bonchev–Trinajstić information content (AvgIpc) is 3.37. The van der Waals surface area contributed by atoms with Gasteiger partial charge in [-0.2, -0.15) is 26.3 Å². The molecule has 218 valence electrons. The molecule has 3 saturated heterocycles. The van der Waals surface area contributed by atoms with Crippen molar-refractivity contribution in [3.8, 4) is 0 Å². The van der Waals surface area contributed by atoms with Gasteiger partial charge in [0.15, 0.2) is 0 Å². The van der Waals surface area contributed by atoms with E-state index >= 15 is 0 Å². The van der Waals surface area contributed by atoms with Crippen molar-refractivity contribution in [3.63, 3.8) is 0 Å². The highest BCUT2D eigenvalue weighted by Crippen LogP contribution is 2.36. The molecule has 15 heteroatoms. The number of hydrogen-bond donors (Lipinski definition) is 2. The molecule has 2 N–H and O–H groups in total. The van der Waals surface area contributed by atoms with E-state index in [1.165, 1.54) is 48.7 Å². The molecule has 4 rings (SSSR count). The van der Waals surface area contributed by atoms with E-state index in [-0.39, 0.29) is 0 Å². The molecule has 8 nitrogen and oxygen atoms in total. The summed E-state index contributed by atoms with van der Waals surface area (Å²) in [7, 11) is 0. The highest BCUT2D eigenvalue weighted by Gasteiger charge is 2.43. The van der Waals surface area contributed by atoms with Gasteiger partial charge in [0.05, 0.1) is 13.2 Å². The summed E-state index contributed by atoms with van der Waals surface area (Å²) in [6.45, 7) is 11.7. The zero-order chi connectivity index (χ0) is 28.6. The van der Waals surface area contributed by atoms with Gasteiger partial charge in [0, 0.05) is 60.6 Å². The van der Waals surface area contributed by atoms with Crippen molar-refractivity contribution in [2.45, 2.75) is 51.1 Å². The van der Waals surface area contributed by atoms with Crippen molar-refractivity contribution in [3.05, 3.63) is 21.9 Å². The SMILES string of the molecule is Cc1ccc(CN2CCOCC3(CCN(C4CCOCC4)C3)C2)s1.O=C(O)C(F)(F)F.O=C(O)C(F)(F)F. The number of rotatable bonds is 3. The standard InChI is InChI=1S/C19H30N2O2S.2C2HF3O2/c1-16-2-3-18(24-16)12-20-8-11-23-15-19(13-20)6-7-21(14-19)17-4-9-22-10-5-17;2*3-2(4,5)1(6)7/h2-3,17H,4-15H2,1H3;2*(H,6,7). The Kier molecular flexibility index (Phi) is 11.8. The van der Waals surface area contributed by atoms with E-state index in [1.54, 1.807) is 0 Å². The van der Waals surface area contributed by atoms with Gasteiger partial charge in [-0.15, -0.1) is 11.3 Å². The topological polar surface area (TPSA) is 99.5 Å². The predicted molar refractivity (Wildman–Crippen MR) is 125 cm³/mol. The Hall–Kier alpha value is -1.94. The highest BCUT2D eigenvalue weighted by atomic mass is 32.1. The van der Waals surface area contributed by atoms with Crippen molar-refractivity contribution >= 4 is 23.3 Å². The van der Waals surface area contributed by atoms with E-state index in [9.17, 15) is 26.3 Å². The molecular formula is C23H32F6N2O6S. The molecule has 1 unspecified atom stereocenters. The molecule has 1 aromatic rings. The number of aryl methyl sites for hydroxylation is 1. The van der Waals surface area contributed by atoms with Crippen LogP contribution in [0.25, 0.3) is 0 Å². The maximum atomic E-state index is 10.6. The lowest BCUT2D eigenvalue weighted by atomic mass is 9.87. The Labute approximate surface area is 220 Å². The van der Waals surface area contributed by atoms with Gasteiger partial charge in [-0.3, -0.25) is 9.80 Å². The maximum absolute atomic E-state index is 10.6. The number of alkyl halides is 6. The van der Waals surface area contributed by atoms with E-state index in [0.717, 1.165) is 45.6 Å². The van der Waals surface area contributed by atoms with Crippen LogP contribution in [-0.4, -0.2) is 103 Å². The van der Waals surface area contributed by atoms with Gasteiger partial charge in [0.2, 0.25) is 0 Å². The summed E-state index contributed by atoms with van der Waals surface area (Å²) in [6.07, 6.45) is -6.48. The Balaban J connectivity index is 0.000000301. The van der Waals surface area contributed by atoms with Gasteiger partial charge in [-0.1, -0.05) is 0 Å². The lowest BCUT2D eigenvalue weighted by Crippen LogP contribution is -2.43. The summed E-state index contributed by atoms with van der Waals surface area (Å²) < 4.78 is 75.1. The molecule has 0 bridgehead atoms. The van der Waals surface area contributed by atoms with E-state index < -0.39 is 24.3 Å².